The molecular weight excluding hydrogens is 277 g/mol. The first kappa shape index (κ1) is 13.9. The lowest BCUT2D eigenvalue weighted by molar-refractivity contribution is 0.176. The minimum absolute atomic E-state index is 0.0914. The zero-order chi connectivity index (χ0) is 14.0. The summed E-state index contributed by atoms with van der Waals surface area (Å²) in [6, 6.07) is 6.71. The van der Waals surface area contributed by atoms with Crippen molar-refractivity contribution in [2.75, 3.05) is 0 Å². The van der Waals surface area contributed by atoms with Crippen LogP contribution in [0.15, 0.2) is 36.4 Å². The molecule has 0 radical (unpaired) electrons. The Labute approximate surface area is 113 Å². The second kappa shape index (κ2) is 5.63. The molecule has 100 valence electrons. The van der Waals surface area contributed by atoms with Crippen LogP contribution in [-0.4, -0.2) is 5.11 Å². The molecule has 0 heterocycles. The van der Waals surface area contributed by atoms with E-state index in [1.807, 2.05) is 0 Å². The molecule has 1 N–H and O–H groups in total. The van der Waals surface area contributed by atoms with Gasteiger partial charge >= 0.3 is 0 Å². The van der Waals surface area contributed by atoms with Crippen LogP contribution in [-0.2, 0) is 6.42 Å². The number of aliphatic hydroxyl groups is 1. The molecule has 2 rings (SSSR count). The molecule has 0 amide bonds. The van der Waals surface area contributed by atoms with E-state index in [9.17, 15) is 18.3 Å². The Morgan fingerprint density at radius 2 is 1.74 bits per heavy atom. The normalized spacial score (nSPS) is 12.5. The molecule has 1 unspecified atom stereocenters. The van der Waals surface area contributed by atoms with E-state index in [1.54, 1.807) is 0 Å². The zero-order valence-electron chi connectivity index (χ0n) is 9.71. The topological polar surface area (TPSA) is 20.2 Å². The molecule has 19 heavy (non-hydrogen) atoms. The highest BCUT2D eigenvalue weighted by Gasteiger charge is 2.13. The predicted octanol–water partition coefficient (Wildman–Crippen LogP) is 4.03. The van der Waals surface area contributed by atoms with E-state index in [0.29, 0.717) is 0 Å². The molecule has 0 aromatic heterocycles. The molecule has 0 saturated carbocycles. The summed E-state index contributed by atoms with van der Waals surface area (Å²) in [5.74, 6) is -2.02. The lowest BCUT2D eigenvalue weighted by Crippen LogP contribution is -2.04. The maximum Gasteiger partial charge on any atom is 0.129 e. The Morgan fingerprint density at radius 1 is 1.00 bits per heavy atom. The third-order valence-electron chi connectivity index (χ3n) is 2.70. The number of hydrogen-bond acceptors (Lipinski definition) is 1. The molecule has 1 atom stereocenters. The molecule has 2 aromatic rings. The summed E-state index contributed by atoms with van der Waals surface area (Å²) in [6.07, 6.45) is -1.21. The highest BCUT2D eigenvalue weighted by Crippen LogP contribution is 2.24. The molecule has 0 fully saturated rings. The number of halogens is 4. The SMILES string of the molecule is OC(Cc1ccc(F)cc1F)c1cc(F)cc(Cl)c1. The minimum Gasteiger partial charge on any atom is -0.388 e. The Morgan fingerprint density at radius 3 is 2.37 bits per heavy atom. The van der Waals surface area contributed by atoms with Crippen LogP contribution < -0.4 is 0 Å². The van der Waals surface area contributed by atoms with E-state index in [-0.39, 0.29) is 22.6 Å². The molecule has 1 nitrogen and oxygen atoms in total. The van der Waals surface area contributed by atoms with E-state index in [1.165, 1.54) is 12.1 Å². The molecule has 0 aliphatic rings. The van der Waals surface area contributed by atoms with Crippen molar-refractivity contribution in [2.45, 2.75) is 12.5 Å². The van der Waals surface area contributed by atoms with Gasteiger partial charge in [0.25, 0.3) is 0 Å². The van der Waals surface area contributed by atoms with Gasteiger partial charge in [-0.1, -0.05) is 17.7 Å². The summed E-state index contributed by atoms with van der Waals surface area (Å²) >= 11 is 5.67. The molecule has 2 aromatic carbocycles. The van der Waals surface area contributed by atoms with Crippen LogP contribution in [0.5, 0.6) is 0 Å². The lowest BCUT2D eigenvalue weighted by Gasteiger charge is -2.12. The highest BCUT2D eigenvalue weighted by molar-refractivity contribution is 6.30. The van der Waals surface area contributed by atoms with Crippen molar-refractivity contribution in [1.82, 2.24) is 0 Å². The van der Waals surface area contributed by atoms with Crippen molar-refractivity contribution in [2.24, 2.45) is 0 Å². The fraction of sp³-hybridized carbons (Fsp3) is 0.143. The number of aliphatic hydroxyl groups excluding tert-OH is 1. The van der Waals surface area contributed by atoms with Gasteiger partial charge < -0.3 is 5.11 Å². The van der Waals surface area contributed by atoms with Crippen molar-refractivity contribution in [1.29, 1.82) is 0 Å². The van der Waals surface area contributed by atoms with Crippen molar-refractivity contribution in [3.8, 4) is 0 Å². The highest BCUT2D eigenvalue weighted by atomic mass is 35.5. The first-order valence-electron chi connectivity index (χ1n) is 5.53. The van der Waals surface area contributed by atoms with Gasteiger partial charge in [0, 0.05) is 17.5 Å². The fourth-order valence-corrected chi connectivity index (χ4v) is 2.01. The van der Waals surface area contributed by atoms with Gasteiger partial charge in [-0.2, -0.15) is 0 Å². The second-order valence-electron chi connectivity index (χ2n) is 4.16. The Hall–Kier alpha value is -1.52. The molecule has 0 spiro atoms. The predicted molar refractivity (Wildman–Crippen MR) is 66.4 cm³/mol. The monoisotopic (exact) mass is 286 g/mol. The second-order valence-corrected chi connectivity index (χ2v) is 4.59. The van der Waals surface area contributed by atoms with Crippen LogP contribution in [0.25, 0.3) is 0 Å². The molecular formula is C14H10ClF3O. The maximum atomic E-state index is 13.4. The summed E-state index contributed by atoms with van der Waals surface area (Å²) in [5.41, 5.74) is 0.392. The third-order valence-corrected chi connectivity index (χ3v) is 2.92. The van der Waals surface area contributed by atoms with E-state index in [4.69, 9.17) is 11.6 Å². The van der Waals surface area contributed by atoms with E-state index >= 15 is 0 Å². The Kier molecular flexibility index (Phi) is 4.12. The summed E-state index contributed by atoms with van der Waals surface area (Å²) in [4.78, 5) is 0. The van der Waals surface area contributed by atoms with Crippen LogP contribution in [0.2, 0.25) is 5.02 Å². The van der Waals surface area contributed by atoms with Gasteiger partial charge in [-0.3, -0.25) is 0 Å². The Balaban J connectivity index is 2.22. The smallest absolute Gasteiger partial charge is 0.129 e. The fourth-order valence-electron chi connectivity index (χ4n) is 1.78. The van der Waals surface area contributed by atoms with Crippen LogP contribution in [0, 0.1) is 17.5 Å². The number of rotatable bonds is 3. The van der Waals surface area contributed by atoms with E-state index in [2.05, 4.69) is 0 Å². The van der Waals surface area contributed by atoms with Gasteiger partial charge in [0.2, 0.25) is 0 Å². The largest absolute Gasteiger partial charge is 0.388 e. The van der Waals surface area contributed by atoms with Crippen molar-refractivity contribution >= 4 is 11.6 Å². The maximum absolute atomic E-state index is 13.4. The number of hydrogen-bond donors (Lipinski definition) is 1. The van der Waals surface area contributed by atoms with Gasteiger partial charge in [0.05, 0.1) is 6.10 Å². The van der Waals surface area contributed by atoms with E-state index in [0.717, 1.165) is 24.3 Å². The van der Waals surface area contributed by atoms with Crippen LogP contribution >= 0.6 is 11.6 Å². The lowest BCUT2D eigenvalue weighted by atomic mass is 10.0. The average molecular weight is 287 g/mol. The van der Waals surface area contributed by atoms with Gasteiger partial charge in [-0.15, -0.1) is 0 Å². The van der Waals surface area contributed by atoms with Gasteiger partial charge in [-0.25, -0.2) is 13.2 Å². The minimum atomic E-state index is -1.12. The van der Waals surface area contributed by atoms with E-state index < -0.39 is 23.6 Å². The van der Waals surface area contributed by atoms with Crippen molar-refractivity contribution < 1.29 is 18.3 Å². The molecule has 0 bridgehead atoms. The summed E-state index contributed by atoms with van der Waals surface area (Å²) in [6.45, 7) is 0. The van der Waals surface area contributed by atoms with Gasteiger partial charge in [0.15, 0.2) is 0 Å². The van der Waals surface area contributed by atoms with Crippen LogP contribution in [0.3, 0.4) is 0 Å². The summed E-state index contributed by atoms with van der Waals surface area (Å²) < 4.78 is 39.3. The zero-order valence-corrected chi connectivity index (χ0v) is 10.5. The summed E-state index contributed by atoms with van der Waals surface area (Å²) in [7, 11) is 0. The molecule has 0 aliphatic heterocycles. The number of benzene rings is 2. The molecule has 0 aliphatic carbocycles. The third kappa shape index (κ3) is 3.49. The first-order chi connectivity index (χ1) is 8.95. The van der Waals surface area contributed by atoms with Crippen molar-refractivity contribution in [3.63, 3.8) is 0 Å². The van der Waals surface area contributed by atoms with Gasteiger partial charge in [-0.05, 0) is 35.4 Å². The first-order valence-corrected chi connectivity index (χ1v) is 5.91. The Bertz CT molecular complexity index is 581. The molecule has 0 saturated heterocycles. The standard InChI is InChI=1S/C14H10ClF3O/c15-10-3-9(4-12(17)6-10)14(19)5-8-1-2-11(16)7-13(8)18/h1-4,6-7,14,19H,5H2. The van der Waals surface area contributed by atoms with Gasteiger partial charge in [0.1, 0.15) is 17.5 Å². The van der Waals surface area contributed by atoms with Crippen molar-refractivity contribution in [3.05, 3.63) is 70.0 Å². The van der Waals surface area contributed by atoms with Crippen LogP contribution in [0.4, 0.5) is 13.2 Å². The average Bonchev–Trinajstić information content (AvgIpc) is 2.31. The summed E-state index contributed by atoms with van der Waals surface area (Å²) in [5, 5.41) is 10.1. The molecule has 5 heteroatoms. The van der Waals surface area contributed by atoms with Crippen LogP contribution in [0.1, 0.15) is 17.2 Å². The quantitative estimate of drug-likeness (QED) is 0.903.